The summed E-state index contributed by atoms with van der Waals surface area (Å²) in [6, 6.07) is 0.295. The number of hydrogen-bond donors (Lipinski definition) is 1. The van der Waals surface area contributed by atoms with Gasteiger partial charge in [0.25, 0.3) is 0 Å². The van der Waals surface area contributed by atoms with Gasteiger partial charge in [-0.2, -0.15) is 10.1 Å². The first-order valence-corrected chi connectivity index (χ1v) is 8.07. The molecule has 23 heavy (non-hydrogen) atoms. The number of anilines is 2. The Morgan fingerprint density at radius 3 is 2.83 bits per heavy atom. The maximum atomic E-state index is 6.14. The van der Waals surface area contributed by atoms with E-state index in [2.05, 4.69) is 34.2 Å². The van der Waals surface area contributed by atoms with Crippen LogP contribution in [0.25, 0.3) is 0 Å². The minimum Gasteiger partial charge on any atom is -0.473 e. The van der Waals surface area contributed by atoms with Crippen molar-refractivity contribution in [1.82, 2.24) is 19.7 Å². The molecular weight excluding hydrogens is 318 g/mol. The molecule has 0 bridgehead atoms. The van der Waals surface area contributed by atoms with E-state index in [0.29, 0.717) is 36.1 Å². The first kappa shape index (κ1) is 16.0. The highest BCUT2D eigenvalue weighted by Gasteiger charge is 2.18. The number of halogens is 1. The van der Waals surface area contributed by atoms with Crippen LogP contribution < -0.4 is 10.1 Å². The van der Waals surface area contributed by atoms with E-state index >= 15 is 0 Å². The molecule has 2 aromatic rings. The van der Waals surface area contributed by atoms with Crippen molar-refractivity contribution in [2.24, 2.45) is 0 Å². The molecule has 0 aromatic carbocycles. The zero-order valence-electron chi connectivity index (χ0n) is 13.2. The van der Waals surface area contributed by atoms with Crippen molar-refractivity contribution in [3.63, 3.8) is 0 Å². The zero-order chi connectivity index (χ0) is 16.2. The van der Waals surface area contributed by atoms with Crippen LogP contribution in [0.5, 0.6) is 5.88 Å². The van der Waals surface area contributed by atoms with Crippen LogP contribution in [0.4, 0.5) is 11.6 Å². The van der Waals surface area contributed by atoms with Crippen molar-refractivity contribution >= 4 is 23.2 Å². The Morgan fingerprint density at radius 2 is 2.13 bits per heavy atom. The summed E-state index contributed by atoms with van der Waals surface area (Å²) >= 11 is 6.14. The quantitative estimate of drug-likeness (QED) is 0.903. The van der Waals surface area contributed by atoms with Crippen molar-refractivity contribution in [1.29, 1.82) is 0 Å². The molecular formula is C15H20ClN5O2. The summed E-state index contributed by atoms with van der Waals surface area (Å²) in [5, 5.41) is 7.79. The summed E-state index contributed by atoms with van der Waals surface area (Å²) in [7, 11) is 0. The molecule has 124 valence electrons. The second kappa shape index (κ2) is 7.14. The summed E-state index contributed by atoms with van der Waals surface area (Å²) in [6.07, 6.45) is 6.93. The topological polar surface area (TPSA) is 74.1 Å². The van der Waals surface area contributed by atoms with Gasteiger partial charge in [0.15, 0.2) is 0 Å². The van der Waals surface area contributed by atoms with Crippen LogP contribution in [-0.4, -0.2) is 39.1 Å². The van der Waals surface area contributed by atoms with E-state index in [1.807, 2.05) is 10.9 Å². The van der Waals surface area contributed by atoms with E-state index < -0.39 is 0 Å². The summed E-state index contributed by atoms with van der Waals surface area (Å²) in [5.74, 6) is 0.826. The van der Waals surface area contributed by atoms with Crippen LogP contribution in [0.3, 0.4) is 0 Å². The molecule has 0 radical (unpaired) electrons. The number of hydrogen-bond acceptors (Lipinski definition) is 6. The standard InChI is InChI=1S/C15H20ClN5O2/c1-10(2)21-9-11(7-18-21)19-15-17-8-13(16)14(20-15)23-12-3-5-22-6-4-12/h7-10,12H,3-6H2,1-2H3,(H,17,19,20). The van der Waals surface area contributed by atoms with Crippen molar-refractivity contribution < 1.29 is 9.47 Å². The number of rotatable bonds is 5. The SMILES string of the molecule is CC(C)n1cc(Nc2ncc(Cl)c(OC3CCOCC3)n2)cn1. The fourth-order valence-corrected chi connectivity index (χ4v) is 2.40. The van der Waals surface area contributed by atoms with Gasteiger partial charge in [-0.3, -0.25) is 4.68 Å². The van der Waals surface area contributed by atoms with Gasteiger partial charge in [0, 0.05) is 25.1 Å². The molecule has 0 aliphatic carbocycles. The lowest BCUT2D eigenvalue weighted by molar-refractivity contribution is 0.0238. The Bertz CT molecular complexity index is 655. The molecule has 8 heteroatoms. The molecule has 7 nitrogen and oxygen atoms in total. The lowest BCUT2D eigenvalue weighted by Gasteiger charge is -2.23. The van der Waals surface area contributed by atoms with E-state index in [0.717, 1.165) is 18.5 Å². The van der Waals surface area contributed by atoms with E-state index in [4.69, 9.17) is 21.1 Å². The fourth-order valence-electron chi connectivity index (χ4n) is 2.26. The number of nitrogens with zero attached hydrogens (tertiary/aromatic N) is 4. The van der Waals surface area contributed by atoms with Crippen LogP contribution in [0.1, 0.15) is 32.7 Å². The van der Waals surface area contributed by atoms with Crippen LogP contribution in [0.15, 0.2) is 18.6 Å². The van der Waals surface area contributed by atoms with E-state index in [9.17, 15) is 0 Å². The van der Waals surface area contributed by atoms with Gasteiger partial charge in [-0.15, -0.1) is 0 Å². The number of aromatic nitrogens is 4. The van der Waals surface area contributed by atoms with E-state index in [-0.39, 0.29) is 6.10 Å². The molecule has 0 atom stereocenters. The Morgan fingerprint density at radius 1 is 1.35 bits per heavy atom. The van der Waals surface area contributed by atoms with Gasteiger partial charge in [0.1, 0.15) is 11.1 Å². The maximum absolute atomic E-state index is 6.14. The van der Waals surface area contributed by atoms with Crippen molar-refractivity contribution in [3.05, 3.63) is 23.6 Å². The molecule has 1 N–H and O–H groups in total. The van der Waals surface area contributed by atoms with Gasteiger partial charge in [-0.25, -0.2) is 4.98 Å². The molecule has 2 aromatic heterocycles. The van der Waals surface area contributed by atoms with Gasteiger partial charge < -0.3 is 14.8 Å². The molecule has 3 rings (SSSR count). The van der Waals surface area contributed by atoms with Crippen LogP contribution >= 0.6 is 11.6 Å². The average Bonchev–Trinajstić information content (AvgIpc) is 3.00. The highest BCUT2D eigenvalue weighted by Crippen LogP contribution is 2.26. The van der Waals surface area contributed by atoms with Crippen molar-refractivity contribution in [2.75, 3.05) is 18.5 Å². The normalized spacial score (nSPS) is 15.8. The lowest BCUT2D eigenvalue weighted by atomic mass is 10.2. The fraction of sp³-hybridized carbons (Fsp3) is 0.533. The Hall–Kier alpha value is -1.86. The highest BCUT2D eigenvalue weighted by atomic mass is 35.5. The van der Waals surface area contributed by atoms with E-state index in [1.165, 1.54) is 0 Å². The Labute approximate surface area is 140 Å². The number of nitrogens with one attached hydrogen (secondary N) is 1. The third-order valence-corrected chi connectivity index (χ3v) is 3.80. The maximum Gasteiger partial charge on any atom is 0.237 e. The van der Waals surface area contributed by atoms with Crippen molar-refractivity contribution in [3.8, 4) is 5.88 Å². The molecule has 0 spiro atoms. The van der Waals surface area contributed by atoms with Gasteiger partial charge in [-0.05, 0) is 13.8 Å². The molecule has 3 heterocycles. The highest BCUT2D eigenvalue weighted by molar-refractivity contribution is 6.31. The summed E-state index contributed by atoms with van der Waals surface area (Å²) in [4.78, 5) is 8.55. The molecule has 1 aliphatic rings. The third-order valence-electron chi connectivity index (χ3n) is 3.55. The summed E-state index contributed by atoms with van der Waals surface area (Å²) in [6.45, 7) is 5.53. The van der Waals surface area contributed by atoms with Crippen molar-refractivity contribution in [2.45, 2.75) is 38.8 Å². The first-order valence-electron chi connectivity index (χ1n) is 7.70. The van der Waals surface area contributed by atoms with Gasteiger partial charge >= 0.3 is 0 Å². The van der Waals surface area contributed by atoms with Crippen LogP contribution in [0.2, 0.25) is 5.02 Å². The third kappa shape index (κ3) is 4.11. The average molecular weight is 338 g/mol. The molecule has 0 saturated carbocycles. The Kier molecular flexibility index (Phi) is 4.97. The predicted molar refractivity (Wildman–Crippen MR) is 87.4 cm³/mol. The van der Waals surface area contributed by atoms with Crippen LogP contribution in [0, 0.1) is 0 Å². The smallest absolute Gasteiger partial charge is 0.237 e. The molecule has 1 fully saturated rings. The minimum atomic E-state index is 0.0766. The van der Waals surface area contributed by atoms with Gasteiger partial charge in [-0.1, -0.05) is 11.6 Å². The first-order chi connectivity index (χ1) is 11.1. The molecule has 1 saturated heterocycles. The lowest BCUT2D eigenvalue weighted by Crippen LogP contribution is -2.26. The monoisotopic (exact) mass is 337 g/mol. The van der Waals surface area contributed by atoms with Gasteiger partial charge in [0.2, 0.25) is 11.8 Å². The largest absolute Gasteiger partial charge is 0.473 e. The van der Waals surface area contributed by atoms with Crippen LogP contribution in [-0.2, 0) is 4.74 Å². The Balaban J connectivity index is 1.71. The zero-order valence-corrected chi connectivity index (χ0v) is 14.0. The molecule has 1 aliphatic heterocycles. The second-order valence-electron chi connectivity index (χ2n) is 5.70. The van der Waals surface area contributed by atoms with E-state index in [1.54, 1.807) is 12.4 Å². The number of ether oxygens (including phenoxy) is 2. The predicted octanol–water partition coefficient (Wildman–Crippen LogP) is 3.21. The molecule has 0 unspecified atom stereocenters. The second-order valence-corrected chi connectivity index (χ2v) is 6.11. The summed E-state index contributed by atoms with van der Waals surface area (Å²) in [5.41, 5.74) is 0.818. The van der Waals surface area contributed by atoms with Gasteiger partial charge in [0.05, 0.1) is 31.3 Å². The summed E-state index contributed by atoms with van der Waals surface area (Å²) < 4.78 is 13.1. The molecule has 0 amide bonds. The minimum absolute atomic E-state index is 0.0766.